The average Bonchev–Trinajstić information content (AvgIpc) is 2.26. The van der Waals surface area contributed by atoms with Crippen molar-refractivity contribution in [2.75, 3.05) is 14.2 Å². The highest BCUT2D eigenvalue weighted by Crippen LogP contribution is 2.39. The van der Waals surface area contributed by atoms with Crippen LogP contribution >= 0.6 is 11.6 Å². The summed E-state index contributed by atoms with van der Waals surface area (Å²) < 4.78 is 9.90. The molecule has 0 N–H and O–H groups in total. The highest BCUT2D eigenvalue weighted by atomic mass is 35.5. The molecule has 0 bridgehead atoms. The minimum absolute atomic E-state index is 0.0522. The van der Waals surface area contributed by atoms with Gasteiger partial charge in [0.15, 0.2) is 5.75 Å². The molecule has 0 unspecified atom stereocenters. The summed E-state index contributed by atoms with van der Waals surface area (Å²) in [6, 6.07) is 3.13. The van der Waals surface area contributed by atoms with Crippen LogP contribution in [0.5, 0.6) is 11.5 Å². The Hall–Kier alpha value is -1.49. The van der Waals surface area contributed by atoms with E-state index in [0.29, 0.717) is 11.3 Å². The van der Waals surface area contributed by atoms with Crippen molar-refractivity contribution in [2.24, 2.45) is 0 Å². The van der Waals surface area contributed by atoms with Gasteiger partial charge in [0.1, 0.15) is 0 Å². The van der Waals surface area contributed by atoms with Gasteiger partial charge in [0.2, 0.25) is 5.75 Å². The van der Waals surface area contributed by atoms with Gasteiger partial charge in [0, 0.05) is 5.56 Å². The first-order valence-electron chi connectivity index (χ1n) is 4.09. The Morgan fingerprint density at radius 1 is 1.40 bits per heavy atom. The molecule has 1 aromatic carbocycles. The third kappa shape index (κ3) is 2.12. The first kappa shape index (κ1) is 11.6. The molecule has 1 aromatic rings. The first-order valence-corrected chi connectivity index (χ1v) is 4.63. The Morgan fingerprint density at radius 3 is 2.47 bits per heavy atom. The van der Waals surface area contributed by atoms with Crippen molar-refractivity contribution in [1.82, 2.24) is 0 Å². The predicted molar refractivity (Wildman–Crippen MR) is 55.8 cm³/mol. The fourth-order valence-electron chi connectivity index (χ4n) is 1.26. The van der Waals surface area contributed by atoms with Crippen molar-refractivity contribution in [2.45, 2.75) is 5.88 Å². The highest BCUT2D eigenvalue weighted by Gasteiger charge is 2.24. The Balaban J connectivity index is 3.44. The van der Waals surface area contributed by atoms with Crippen molar-refractivity contribution in [3.05, 3.63) is 27.8 Å². The lowest BCUT2D eigenvalue weighted by atomic mass is 10.1. The zero-order valence-electron chi connectivity index (χ0n) is 8.32. The first-order chi connectivity index (χ1) is 7.15. The summed E-state index contributed by atoms with van der Waals surface area (Å²) in [4.78, 5) is 10.3. The van der Waals surface area contributed by atoms with Gasteiger partial charge in [0.25, 0.3) is 0 Å². The Kier molecular flexibility index (Phi) is 3.74. The molecule has 0 saturated carbocycles. The molecule has 0 radical (unpaired) electrons. The number of nitro benzene ring substituents is 1. The van der Waals surface area contributed by atoms with Crippen molar-refractivity contribution in [3.63, 3.8) is 0 Å². The molecule has 82 valence electrons. The van der Waals surface area contributed by atoms with Crippen LogP contribution in [-0.2, 0) is 5.88 Å². The van der Waals surface area contributed by atoms with Crippen LogP contribution < -0.4 is 9.47 Å². The van der Waals surface area contributed by atoms with Crippen molar-refractivity contribution < 1.29 is 14.4 Å². The lowest BCUT2D eigenvalue weighted by Gasteiger charge is -2.09. The molecular formula is C9H10ClNO4. The van der Waals surface area contributed by atoms with Gasteiger partial charge in [0.05, 0.1) is 25.0 Å². The van der Waals surface area contributed by atoms with Crippen LogP contribution in [0.15, 0.2) is 12.1 Å². The van der Waals surface area contributed by atoms with Crippen LogP contribution in [0.1, 0.15) is 5.56 Å². The molecule has 15 heavy (non-hydrogen) atoms. The summed E-state index contributed by atoms with van der Waals surface area (Å²) in [6.45, 7) is 0. The quantitative estimate of drug-likeness (QED) is 0.453. The molecule has 0 fully saturated rings. The number of hydrogen-bond donors (Lipinski definition) is 0. The Bertz CT molecular complexity index is 381. The van der Waals surface area contributed by atoms with Gasteiger partial charge in [-0.25, -0.2) is 0 Å². The summed E-state index contributed by atoms with van der Waals surface area (Å²) >= 11 is 5.60. The van der Waals surface area contributed by atoms with Crippen molar-refractivity contribution in [3.8, 4) is 11.5 Å². The summed E-state index contributed by atoms with van der Waals surface area (Å²) in [5.74, 6) is 0.468. The number of benzene rings is 1. The lowest BCUT2D eigenvalue weighted by molar-refractivity contribution is -0.386. The third-order valence-corrected chi connectivity index (χ3v) is 2.22. The number of hydrogen-bond acceptors (Lipinski definition) is 4. The molecule has 6 heteroatoms. The van der Waals surface area contributed by atoms with Crippen LogP contribution in [0, 0.1) is 10.1 Å². The van der Waals surface area contributed by atoms with Crippen molar-refractivity contribution >= 4 is 17.3 Å². The molecule has 1 rings (SSSR count). The molecule has 0 heterocycles. The maximum atomic E-state index is 10.8. The molecule has 0 aliphatic heterocycles. The number of rotatable bonds is 4. The second kappa shape index (κ2) is 4.84. The molecule has 0 amide bonds. The van der Waals surface area contributed by atoms with Gasteiger partial charge in [-0.3, -0.25) is 10.1 Å². The van der Waals surface area contributed by atoms with E-state index >= 15 is 0 Å². The van der Waals surface area contributed by atoms with Gasteiger partial charge in [-0.15, -0.1) is 11.6 Å². The summed E-state index contributed by atoms with van der Waals surface area (Å²) in [5.41, 5.74) is 0.256. The van der Waals surface area contributed by atoms with Crippen LogP contribution in [0.2, 0.25) is 0 Å². The van der Waals surface area contributed by atoms with Gasteiger partial charge < -0.3 is 9.47 Å². The number of nitrogens with zero attached hydrogens (tertiary/aromatic N) is 1. The Labute approximate surface area is 91.7 Å². The van der Waals surface area contributed by atoms with Crippen LogP contribution in [-0.4, -0.2) is 19.1 Å². The molecule has 0 spiro atoms. The Morgan fingerprint density at radius 2 is 2.07 bits per heavy atom. The van der Waals surface area contributed by atoms with E-state index in [0.717, 1.165) is 0 Å². The fraction of sp³-hybridized carbons (Fsp3) is 0.333. The monoisotopic (exact) mass is 231 g/mol. The van der Waals surface area contributed by atoms with Crippen LogP contribution in [0.3, 0.4) is 0 Å². The van der Waals surface area contributed by atoms with E-state index in [4.69, 9.17) is 21.1 Å². The normalized spacial score (nSPS) is 9.80. The standard InChI is InChI=1S/C9H10ClNO4/c1-14-7-4-3-6(5-10)8(11(12)13)9(7)15-2/h3-4H,5H2,1-2H3. The van der Waals surface area contributed by atoms with Crippen molar-refractivity contribution in [1.29, 1.82) is 0 Å². The highest BCUT2D eigenvalue weighted by molar-refractivity contribution is 6.17. The van der Waals surface area contributed by atoms with Gasteiger partial charge in [-0.1, -0.05) is 0 Å². The van der Waals surface area contributed by atoms with Gasteiger partial charge in [-0.2, -0.15) is 0 Å². The van der Waals surface area contributed by atoms with E-state index < -0.39 is 4.92 Å². The molecule has 0 saturated heterocycles. The molecule has 0 aliphatic rings. The average molecular weight is 232 g/mol. The number of nitro groups is 1. The van der Waals surface area contributed by atoms with E-state index in [1.807, 2.05) is 0 Å². The van der Waals surface area contributed by atoms with E-state index in [2.05, 4.69) is 0 Å². The zero-order valence-corrected chi connectivity index (χ0v) is 9.08. The smallest absolute Gasteiger partial charge is 0.319 e. The fourth-order valence-corrected chi connectivity index (χ4v) is 1.48. The summed E-state index contributed by atoms with van der Waals surface area (Å²) in [7, 11) is 2.77. The number of ether oxygens (including phenoxy) is 2. The second-order valence-electron chi connectivity index (χ2n) is 2.70. The topological polar surface area (TPSA) is 61.6 Å². The molecule has 0 aliphatic carbocycles. The zero-order chi connectivity index (χ0) is 11.4. The second-order valence-corrected chi connectivity index (χ2v) is 2.97. The number of alkyl halides is 1. The molecule has 0 aromatic heterocycles. The van der Waals surface area contributed by atoms with E-state index in [1.54, 1.807) is 12.1 Å². The molecule has 5 nitrogen and oxygen atoms in total. The summed E-state index contributed by atoms with van der Waals surface area (Å²) in [5, 5.41) is 10.8. The maximum Gasteiger partial charge on any atom is 0.319 e. The van der Waals surface area contributed by atoms with E-state index in [1.165, 1.54) is 14.2 Å². The minimum Gasteiger partial charge on any atom is -0.493 e. The molecular weight excluding hydrogens is 222 g/mol. The lowest BCUT2D eigenvalue weighted by Crippen LogP contribution is -2.00. The summed E-state index contributed by atoms with van der Waals surface area (Å²) in [6.07, 6.45) is 0. The largest absolute Gasteiger partial charge is 0.493 e. The van der Waals surface area contributed by atoms with Crippen LogP contribution in [0.4, 0.5) is 5.69 Å². The SMILES string of the molecule is COc1ccc(CCl)c([N+](=O)[O-])c1OC. The third-order valence-electron chi connectivity index (χ3n) is 1.93. The maximum absolute atomic E-state index is 10.8. The number of halogens is 1. The van der Waals surface area contributed by atoms with Crippen LogP contribution in [0.25, 0.3) is 0 Å². The minimum atomic E-state index is -0.529. The van der Waals surface area contributed by atoms with E-state index in [9.17, 15) is 10.1 Å². The predicted octanol–water partition coefficient (Wildman–Crippen LogP) is 2.35. The van der Waals surface area contributed by atoms with Gasteiger partial charge >= 0.3 is 5.69 Å². The molecule has 0 atom stereocenters. The van der Waals surface area contributed by atoms with E-state index in [-0.39, 0.29) is 17.3 Å². The number of methoxy groups -OCH3 is 2. The van der Waals surface area contributed by atoms with Gasteiger partial charge in [-0.05, 0) is 12.1 Å².